The average molecular weight is 291 g/mol. The average Bonchev–Trinajstić information content (AvgIpc) is 2.70. The van der Waals surface area contributed by atoms with Gasteiger partial charge in [-0.1, -0.05) is 25.8 Å². The third kappa shape index (κ3) is 4.06. The van der Waals surface area contributed by atoms with Crippen molar-refractivity contribution in [2.75, 3.05) is 11.4 Å². The molecular weight excluding hydrogens is 269 g/mol. The van der Waals surface area contributed by atoms with Gasteiger partial charge in [-0.15, -0.1) is 0 Å². The zero-order valence-electron chi connectivity index (χ0n) is 12.4. The van der Waals surface area contributed by atoms with Crippen LogP contribution >= 0.6 is 0 Å². The van der Waals surface area contributed by atoms with Crippen molar-refractivity contribution in [1.29, 1.82) is 0 Å². The molecule has 1 heterocycles. The molecule has 1 fully saturated rings. The normalized spacial score (nSPS) is 19.7. The van der Waals surface area contributed by atoms with Crippen LogP contribution in [-0.2, 0) is 4.79 Å². The zero-order chi connectivity index (χ0) is 15.2. The number of anilines is 1. The van der Waals surface area contributed by atoms with E-state index in [0.29, 0.717) is 17.3 Å². The molecule has 1 atom stereocenters. The first kappa shape index (κ1) is 15.5. The number of halogens is 1. The van der Waals surface area contributed by atoms with Gasteiger partial charge in [0, 0.05) is 18.7 Å². The van der Waals surface area contributed by atoms with Crippen molar-refractivity contribution in [2.45, 2.75) is 45.1 Å². The highest BCUT2D eigenvalue weighted by Gasteiger charge is 2.22. The molecule has 0 radical (unpaired) electrons. The maximum atomic E-state index is 14.4. The number of benzene rings is 1. The summed E-state index contributed by atoms with van der Waals surface area (Å²) in [5.41, 5.74) is 1.21. The fourth-order valence-electron chi connectivity index (χ4n) is 2.95. The molecule has 1 N–H and O–H groups in total. The van der Waals surface area contributed by atoms with Gasteiger partial charge in [0.1, 0.15) is 5.82 Å². The lowest BCUT2D eigenvalue weighted by atomic mass is 10.1. The first-order chi connectivity index (χ1) is 10.1. The van der Waals surface area contributed by atoms with Crippen LogP contribution in [0, 0.1) is 5.82 Å². The Morgan fingerprint density at radius 2 is 2.24 bits per heavy atom. The summed E-state index contributed by atoms with van der Waals surface area (Å²) in [7, 11) is 0. The van der Waals surface area contributed by atoms with Crippen LogP contribution < -0.4 is 4.90 Å². The molecule has 0 saturated carbocycles. The van der Waals surface area contributed by atoms with Crippen molar-refractivity contribution >= 4 is 17.7 Å². The molecular formula is C17H22FNO2. The highest BCUT2D eigenvalue weighted by atomic mass is 19.1. The van der Waals surface area contributed by atoms with Gasteiger partial charge in [0.15, 0.2) is 0 Å². The van der Waals surface area contributed by atoms with Crippen molar-refractivity contribution in [3.05, 3.63) is 35.7 Å². The minimum atomic E-state index is -1.03. The first-order valence-corrected chi connectivity index (χ1v) is 7.59. The summed E-state index contributed by atoms with van der Waals surface area (Å²) in [6, 6.07) is 5.34. The van der Waals surface area contributed by atoms with Crippen molar-refractivity contribution in [1.82, 2.24) is 0 Å². The first-order valence-electron chi connectivity index (χ1n) is 7.59. The van der Waals surface area contributed by atoms with Gasteiger partial charge in [-0.2, -0.15) is 0 Å². The van der Waals surface area contributed by atoms with Crippen molar-refractivity contribution in [3.8, 4) is 0 Å². The molecule has 2 rings (SSSR count). The van der Waals surface area contributed by atoms with Gasteiger partial charge in [0.25, 0.3) is 0 Å². The van der Waals surface area contributed by atoms with Gasteiger partial charge in [-0.05, 0) is 43.0 Å². The van der Waals surface area contributed by atoms with E-state index in [9.17, 15) is 9.18 Å². The number of nitrogens with zero attached hydrogens (tertiary/aromatic N) is 1. The second-order valence-electron chi connectivity index (χ2n) is 5.49. The van der Waals surface area contributed by atoms with Crippen LogP contribution in [0.4, 0.5) is 10.1 Å². The van der Waals surface area contributed by atoms with Crippen LogP contribution in [0.25, 0.3) is 6.08 Å². The summed E-state index contributed by atoms with van der Waals surface area (Å²) in [5.74, 6) is -1.30. The molecule has 4 heteroatoms. The second kappa shape index (κ2) is 7.25. The van der Waals surface area contributed by atoms with Crippen molar-refractivity contribution in [3.63, 3.8) is 0 Å². The molecule has 114 valence electrons. The molecule has 3 nitrogen and oxygen atoms in total. The minimum Gasteiger partial charge on any atom is -0.478 e. The lowest BCUT2D eigenvalue weighted by Gasteiger charge is -2.31. The number of rotatable bonds is 4. The number of aliphatic carboxylic acids is 1. The van der Waals surface area contributed by atoms with Crippen LogP contribution in [-0.4, -0.2) is 23.7 Å². The Balaban J connectivity index is 2.24. The third-order valence-electron chi connectivity index (χ3n) is 4.05. The number of carboxylic acid groups (broad SMARTS) is 1. The van der Waals surface area contributed by atoms with E-state index >= 15 is 0 Å². The molecule has 0 aliphatic carbocycles. The smallest absolute Gasteiger partial charge is 0.328 e. The molecule has 1 unspecified atom stereocenters. The van der Waals surface area contributed by atoms with E-state index in [1.807, 2.05) is 0 Å². The predicted molar refractivity (Wildman–Crippen MR) is 83.0 cm³/mol. The van der Waals surface area contributed by atoms with Gasteiger partial charge in [0.2, 0.25) is 0 Å². The summed E-state index contributed by atoms with van der Waals surface area (Å²) in [6.45, 7) is 3.03. The van der Waals surface area contributed by atoms with Gasteiger partial charge in [-0.3, -0.25) is 0 Å². The molecule has 21 heavy (non-hydrogen) atoms. The minimum absolute atomic E-state index is 0.275. The van der Waals surface area contributed by atoms with Crippen molar-refractivity contribution < 1.29 is 14.3 Å². The van der Waals surface area contributed by atoms with E-state index in [4.69, 9.17) is 5.11 Å². The van der Waals surface area contributed by atoms with Crippen LogP contribution in [0.3, 0.4) is 0 Å². The predicted octanol–water partition coefficient (Wildman–Crippen LogP) is 4.08. The standard InChI is InChI=1S/C17H22FNO2/c1-2-14-6-4-3-5-11-19(14)16-9-7-13(12-15(16)18)8-10-17(20)21/h7-10,12,14H,2-6,11H2,1H3,(H,20,21)/b10-8+. The summed E-state index contributed by atoms with van der Waals surface area (Å²) in [4.78, 5) is 12.7. The number of carbonyl (C=O) groups is 1. The van der Waals surface area contributed by atoms with Crippen LogP contribution in [0.1, 0.15) is 44.6 Å². The monoisotopic (exact) mass is 291 g/mol. The number of hydrogen-bond donors (Lipinski definition) is 1. The number of carboxylic acids is 1. The van der Waals surface area contributed by atoms with Crippen LogP contribution in [0.2, 0.25) is 0 Å². The maximum absolute atomic E-state index is 14.4. The van der Waals surface area contributed by atoms with E-state index in [-0.39, 0.29) is 5.82 Å². The van der Waals surface area contributed by atoms with Gasteiger partial charge in [0.05, 0.1) is 5.69 Å². The van der Waals surface area contributed by atoms with E-state index in [1.54, 1.807) is 12.1 Å². The second-order valence-corrected chi connectivity index (χ2v) is 5.49. The molecule has 1 aromatic carbocycles. The fourth-order valence-corrected chi connectivity index (χ4v) is 2.95. The molecule has 1 aliphatic heterocycles. The highest BCUT2D eigenvalue weighted by molar-refractivity contribution is 5.85. The molecule has 0 amide bonds. The Morgan fingerprint density at radius 3 is 2.90 bits per heavy atom. The molecule has 1 saturated heterocycles. The topological polar surface area (TPSA) is 40.5 Å². The van der Waals surface area contributed by atoms with Crippen molar-refractivity contribution in [2.24, 2.45) is 0 Å². The Bertz CT molecular complexity index is 528. The van der Waals surface area contributed by atoms with Crippen LogP contribution in [0.15, 0.2) is 24.3 Å². The lowest BCUT2D eigenvalue weighted by molar-refractivity contribution is -0.131. The fraction of sp³-hybridized carbons (Fsp3) is 0.471. The van der Waals surface area contributed by atoms with E-state index in [1.165, 1.54) is 25.0 Å². The van der Waals surface area contributed by atoms with Crippen LogP contribution in [0.5, 0.6) is 0 Å². The Labute approximate surface area is 125 Å². The van der Waals surface area contributed by atoms with Gasteiger partial charge < -0.3 is 10.0 Å². The lowest BCUT2D eigenvalue weighted by Crippen LogP contribution is -2.35. The molecule has 0 spiro atoms. The van der Waals surface area contributed by atoms with E-state index < -0.39 is 5.97 Å². The summed E-state index contributed by atoms with van der Waals surface area (Å²) >= 11 is 0. The van der Waals surface area contributed by atoms with E-state index in [0.717, 1.165) is 31.9 Å². The van der Waals surface area contributed by atoms with E-state index in [2.05, 4.69) is 11.8 Å². The highest BCUT2D eigenvalue weighted by Crippen LogP contribution is 2.28. The Hall–Kier alpha value is -1.84. The SMILES string of the molecule is CCC1CCCCCN1c1ccc(/C=C/C(=O)O)cc1F. The summed E-state index contributed by atoms with van der Waals surface area (Å²) < 4.78 is 14.4. The molecule has 1 aromatic rings. The Morgan fingerprint density at radius 1 is 1.43 bits per heavy atom. The molecule has 0 aromatic heterocycles. The van der Waals surface area contributed by atoms with Gasteiger partial charge >= 0.3 is 5.97 Å². The number of hydrogen-bond acceptors (Lipinski definition) is 2. The zero-order valence-corrected chi connectivity index (χ0v) is 12.4. The molecule has 1 aliphatic rings. The summed E-state index contributed by atoms with van der Waals surface area (Å²) in [5, 5.41) is 8.61. The van der Waals surface area contributed by atoms with Gasteiger partial charge in [-0.25, -0.2) is 9.18 Å². The third-order valence-corrected chi connectivity index (χ3v) is 4.05. The maximum Gasteiger partial charge on any atom is 0.328 e. The Kier molecular flexibility index (Phi) is 5.37. The summed E-state index contributed by atoms with van der Waals surface area (Å²) in [6.07, 6.45) is 8.06. The molecule has 0 bridgehead atoms. The largest absolute Gasteiger partial charge is 0.478 e. The quantitative estimate of drug-likeness (QED) is 0.850.